The number of nitrogens with one attached hydrogen (secondary N) is 2. The van der Waals surface area contributed by atoms with Crippen LogP contribution >= 0.6 is 0 Å². The van der Waals surface area contributed by atoms with Crippen molar-refractivity contribution in [3.8, 4) is 0 Å². The van der Waals surface area contributed by atoms with Crippen LogP contribution in [0.4, 0.5) is 0 Å². The van der Waals surface area contributed by atoms with Crippen LogP contribution < -0.4 is 16.8 Å². The van der Waals surface area contributed by atoms with Gasteiger partial charge >= 0.3 is 0 Å². The van der Waals surface area contributed by atoms with Gasteiger partial charge in [-0.05, 0) is 39.0 Å². The number of hydrogen-bond donors (Lipinski definition) is 4. The lowest BCUT2D eigenvalue weighted by atomic mass is 10.1. The van der Waals surface area contributed by atoms with Gasteiger partial charge < -0.3 is 26.9 Å². The monoisotopic (exact) mass is 339 g/mol. The summed E-state index contributed by atoms with van der Waals surface area (Å²) in [4.78, 5) is 4.25. The molecule has 0 saturated carbocycles. The number of benzene rings is 1. The van der Waals surface area contributed by atoms with Gasteiger partial charge in [0.2, 0.25) is 0 Å². The number of nitrogens with zero attached hydrogens (tertiary/aromatic N) is 1. The van der Waals surface area contributed by atoms with Crippen LogP contribution in [0, 0.1) is 12.3 Å². The van der Waals surface area contributed by atoms with E-state index < -0.39 is 0 Å². The summed E-state index contributed by atoms with van der Waals surface area (Å²) in [7, 11) is 0. The van der Waals surface area contributed by atoms with E-state index in [9.17, 15) is 0 Å². The number of rotatable bonds is 8. The van der Waals surface area contributed by atoms with Gasteiger partial charge in [-0.1, -0.05) is 35.9 Å². The third-order valence-electron chi connectivity index (χ3n) is 3.04. The zero-order valence-electron chi connectivity index (χ0n) is 14.8. The van der Waals surface area contributed by atoms with Crippen LogP contribution in [0.3, 0.4) is 0 Å². The van der Waals surface area contributed by atoms with Gasteiger partial charge in [0.1, 0.15) is 0 Å². The van der Waals surface area contributed by atoms with Gasteiger partial charge in [0, 0.05) is 6.21 Å². The van der Waals surface area contributed by atoms with Crippen LogP contribution in [-0.2, 0) is 4.74 Å². The number of allylic oxidation sites excluding steroid dienone is 2. The molecule has 0 heterocycles. The third-order valence-corrected chi connectivity index (χ3v) is 3.04. The molecule has 132 valence electrons. The first kappa shape index (κ1) is 19.8. The highest BCUT2D eigenvalue weighted by atomic mass is 16.5. The van der Waals surface area contributed by atoms with Gasteiger partial charge in [0.05, 0.1) is 29.2 Å². The van der Waals surface area contributed by atoms with Crippen molar-refractivity contribution in [2.24, 2.45) is 16.5 Å². The van der Waals surface area contributed by atoms with Crippen molar-refractivity contribution >= 4 is 17.7 Å². The Labute approximate surface area is 148 Å². The van der Waals surface area contributed by atoms with Crippen molar-refractivity contribution in [1.29, 1.82) is 5.41 Å². The van der Waals surface area contributed by atoms with E-state index in [0.29, 0.717) is 22.9 Å². The maximum atomic E-state index is 7.37. The molecule has 25 heavy (non-hydrogen) atoms. The fourth-order valence-electron chi connectivity index (χ4n) is 1.91. The summed E-state index contributed by atoms with van der Waals surface area (Å²) in [6, 6.07) is 7.73. The number of amidine groups is 1. The zero-order valence-corrected chi connectivity index (χ0v) is 14.8. The minimum absolute atomic E-state index is 0.268. The summed E-state index contributed by atoms with van der Waals surface area (Å²) in [5, 5.41) is 10.4. The molecule has 0 saturated heterocycles. The van der Waals surface area contributed by atoms with Crippen LogP contribution in [0.15, 0.2) is 71.5 Å². The fourth-order valence-corrected chi connectivity index (χ4v) is 1.91. The summed E-state index contributed by atoms with van der Waals surface area (Å²) in [6.45, 7) is 9.29. The molecule has 0 aliphatic heterocycles. The molecule has 0 spiro atoms. The summed E-state index contributed by atoms with van der Waals surface area (Å²) in [5.74, 6) is 0.605. The molecule has 0 radical (unpaired) electrons. The van der Waals surface area contributed by atoms with E-state index in [2.05, 4.69) is 16.9 Å². The predicted molar refractivity (Wildman–Crippen MR) is 105 cm³/mol. The summed E-state index contributed by atoms with van der Waals surface area (Å²) >= 11 is 0. The molecule has 1 aromatic rings. The highest BCUT2D eigenvalue weighted by Crippen LogP contribution is 2.20. The Hall–Kier alpha value is -3.28. The lowest BCUT2D eigenvalue weighted by Gasteiger charge is -2.16. The summed E-state index contributed by atoms with van der Waals surface area (Å²) < 4.78 is 5.32. The van der Waals surface area contributed by atoms with Gasteiger partial charge in [0.25, 0.3) is 0 Å². The first-order valence-corrected chi connectivity index (χ1v) is 7.71. The molecule has 0 aliphatic carbocycles. The van der Waals surface area contributed by atoms with Crippen molar-refractivity contribution in [3.63, 3.8) is 0 Å². The normalized spacial score (nSPS) is 13.4. The van der Waals surface area contributed by atoms with E-state index in [0.717, 1.165) is 17.3 Å². The average Bonchev–Trinajstić information content (AvgIpc) is 2.57. The average molecular weight is 339 g/mol. The van der Waals surface area contributed by atoms with Crippen LogP contribution in [0.1, 0.15) is 25.0 Å². The summed E-state index contributed by atoms with van der Waals surface area (Å²) in [5.41, 5.74) is 15.3. The molecule has 6 nitrogen and oxygen atoms in total. The van der Waals surface area contributed by atoms with Crippen LogP contribution in [0.2, 0.25) is 0 Å². The second kappa shape index (κ2) is 9.77. The third kappa shape index (κ3) is 6.39. The zero-order chi connectivity index (χ0) is 18.8. The van der Waals surface area contributed by atoms with Gasteiger partial charge in [-0.15, -0.1) is 0 Å². The number of aliphatic imine (C=N–C) groups is 1. The van der Waals surface area contributed by atoms with Crippen molar-refractivity contribution in [2.45, 2.75) is 20.8 Å². The van der Waals surface area contributed by atoms with E-state index in [1.54, 1.807) is 13.0 Å². The largest absolute Gasteiger partial charge is 0.450 e. The molecule has 6 heteroatoms. The van der Waals surface area contributed by atoms with Crippen LogP contribution in [0.25, 0.3) is 5.70 Å². The maximum Gasteiger partial charge on any atom is 0.189 e. The van der Waals surface area contributed by atoms with E-state index in [-0.39, 0.29) is 5.88 Å². The topological polar surface area (TPSA) is 110 Å². The second-order valence-corrected chi connectivity index (χ2v) is 5.26. The molecule has 0 unspecified atom stereocenters. The lowest BCUT2D eigenvalue weighted by Crippen LogP contribution is -2.20. The Bertz CT molecular complexity index is 736. The summed E-state index contributed by atoms with van der Waals surface area (Å²) in [6.07, 6.45) is 5.83. The maximum absolute atomic E-state index is 7.37. The molecule has 1 rings (SSSR count). The van der Waals surface area contributed by atoms with E-state index in [4.69, 9.17) is 21.6 Å². The SMILES string of the molecule is C=C(NC(=C(N)c1ccc(C)cc1)C(=C/C=N)/N=C(\C)N)O/C=C\C. The first-order chi connectivity index (χ1) is 11.9. The first-order valence-electron chi connectivity index (χ1n) is 7.71. The number of hydrogen-bond acceptors (Lipinski definition) is 5. The molecule has 0 amide bonds. The van der Waals surface area contributed by atoms with Crippen LogP contribution in [-0.4, -0.2) is 12.1 Å². The van der Waals surface area contributed by atoms with E-state index in [1.807, 2.05) is 38.1 Å². The second-order valence-electron chi connectivity index (χ2n) is 5.26. The minimum Gasteiger partial charge on any atom is -0.450 e. The van der Waals surface area contributed by atoms with Crippen molar-refractivity contribution in [1.82, 2.24) is 5.32 Å². The van der Waals surface area contributed by atoms with E-state index in [1.165, 1.54) is 12.3 Å². The Balaban J connectivity index is 3.43. The fraction of sp³-hybridized carbons (Fsp3) is 0.158. The number of nitrogens with two attached hydrogens (primary N) is 2. The standard InChI is InChI=1S/C19H25N5O/c1-5-12-25-15(4)24-19(17(10-11-20)23-14(3)21)18(22)16-8-6-13(2)7-9-16/h5-12,20,24H,4,22H2,1-3H3,(H2,21,23)/b12-5-,17-10-,19-18?,20-11?. The molecule has 0 atom stereocenters. The molecule has 0 fully saturated rings. The molecule has 1 aromatic carbocycles. The molecule has 0 bridgehead atoms. The molecule has 0 aliphatic rings. The van der Waals surface area contributed by atoms with Gasteiger partial charge in [-0.2, -0.15) is 0 Å². The Morgan fingerprint density at radius 3 is 2.44 bits per heavy atom. The molecular weight excluding hydrogens is 314 g/mol. The van der Waals surface area contributed by atoms with Gasteiger partial charge in [-0.3, -0.25) is 0 Å². The van der Waals surface area contributed by atoms with Gasteiger partial charge in [0.15, 0.2) is 5.88 Å². The van der Waals surface area contributed by atoms with Crippen molar-refractivity contribution in [2.75, 3.05) is 0 Å². The Morgan fingerprint density at radius 2 is 1.92 bits per heavy atom. The van der Waals surface area contributed by atoms with Crippen molar-refractivity contribution < 1.29 is 4.74 Å². The Morgan fingerprint density at radius 1 is 1.28 bits per heavy atom. The number of aryl methyl sites for hydroxylation is 1. The quantitative estimate of drug-likeness (QED) is 0.252. The Kier molecular flexibility index (Phi) is 7.72. The minimum atomic E-state index is 0.268. The predicted octanol–water partition coefficient (Wildman–Crippen LogP) is 3.14. The van der Waals surface area contributed by atoms with E-state index >= 15 is 0 Å². The van der Waals surface area contributed by atoms with Crippen LogP contribution in [0.5, 0.6) is 0 Å². The molecular formula is C19H25N5O. The molecule has 6 N–H and O–H groups in total. The smallest absolute Gasteiger partial charge is 0.189 e. The van der Waals surface area contributed by atoms with Crippen molar-refractivity contribution in [3.05, 3.63) is 77.7 Å². The lowest BCUT2D eigenvalue weighted by molar-refractivity contribution is 0.327. The highest BCUT2D eigenvalue weighted by Gasteiger charge is 2.13. The number of ether oxygens (including phenoxy) is 1. The molecule has 0 aromatic heterocycles. The highest BCUT2D eigenvalue weighted by molar-refractivity contribution is 5.82. The van der Waals surface area contributed by atoms with Gasteiger partial charge in [-0.25, -0.2) is 4.99 Å².